The van der Waals surface area contributed by atoms with Crippen molar-refractivity contribution in [3.8, 4) is 10.4 Å². The number of benzene rings is 4. The molecule has 0 radical (unpaired) electrons. The van der Waals surface area contributed by atoms with E-state index in [1.54, 1.807) is 23.8 Å². The van der Waals surface area contributed by atoms with Crippen molar-refractivity contribution in [1.29, 1.82) is 0 Å². The molecule has 8 atom stereocenters. The lowest BCUT2D eigenvalue weighted by molar-refractivity contribution is -0.137. The first kappa shape index (κ1) is 63.5. The number of carbonyl (C=O) groups is 8. The minimum Gasteiger partial charge on any atom is -0.393 e. The number of rotatable bonds is 24. The second-order valence-electron chi connectivity index (χ2n) is 23.9. The van der Waals surface area contributed by atoms with Crippen molar-refractivity contribution in [2.24, 2.45) is 23.0 Å². The average Bonchev–Trinajstić information content (AvgIpc) is 2.15. The Labute approximate surface area is 507 Å². The van der Waals surface area contributed by atoms with E-state index in [2.05, 4.69) is 31.2 Å². The second-order valence-corrected chi connectivity index (χ2v) is 26.2. The molecule has 0 spiro atoms. The maximum atomic E-state index is 14.6. The molecule has 4 aromatic carbocycles. The fourth-order valence-corrected chi connectivity index (χ4v) is 13.0. The number of aromatic nitrogens is 2. The van der Waals surface area contributed by atoms with Crippen LogP contribution in [0.3, 0.4) is 0 Å². The zero-order valence-corrected chi connectivity index (χ0v) is 50.8. The number of primary amides is 1. The molecule has 3 aliphatic rings. The predicted octanol–water partition coefficient (Wildman–Crippen LogP) is 6.87. The van der Waals surface area contributed by atoms with Crippen LogP contribution < -0.4 is 31.9 Å². The Morgan fingerprint density at radius 2 is 1.62 bits per heavy atom. The molecule has 2 aromatic heterocycles. The van der Waals surface area contributed by atoms with Gasteiger partial charge in [0.1, 0.15) is 17.8 Å². The van der Waals surface area contributed by atoms with E-state index in [9.17, 15) is 57.8 Å². The maximum absolute atomic E-state index is 14.6. The molecule has 2 aliphatic heterocycles. The third-order valence-corrected chi connectivity index (χ3v) is 18.2. The summed E-state index contributed by atoms with van der Waals surface area (Å²) in [5, 5.41) is 22.8. The van der Waals surface area contributed by atoms with Crippen LogP contribution in [0.5, 0.6) is 0 Å². The Hall–Kier alpha value is -7.98. The number of hydrogen-bond acceptors (Lipinski definition) is 13. The highest BCUT2D eigenvalue weighted by Gasteiger charge is 2.48. The zero-order valence-electron chi connectivity index (χ0n) is 49.0. The third kappa shape index (κ3) is 15.2. The number of aryl methyl sites for hydroxylation is 2. The molecule has 458 valence electrons. The minimum absolute atomic E-state index is 0.0350. The lowest BCUT2D eigenvalue weighted by Gasteiger charge is -2.33. The van der Waals surface area contributed by atoms with Crippen LogP contribution in [-0.4, -0.2) is 108 Å². The number of aliphatic hydroxyl groups is 1. The van der Waals surface area contributed by atoms with Gasteiger partial charge in [-0.05, 0) is 115 Å². The van der Waals surface area contributed by atoms with Gasteiger partial charge in [-0.1, -0.05) is 99.7 Å². The van der Waals surface area contributed by atoms with E-state index in [4.69, 9.17) is 10.5 Å². The molecule has 10 N–H and O–H groups in total. The molecule has 0 saturated heterocycles. The number of nitrogens with two attached hydrogens (primary N) is 1. The molecule has 1 saturated carbocycles. The molecule has 9 rings (SSSR count). The van der Waals surface area contributed by atoms with Gasteiger partial charge in [0.2, 0.25) is 29.5 Å². The largest absolute Gasteiger partial charge is 0.396 e. The maximum Gasteiger partial charge on any atom is 0.396 e. The van der Waals surface area contributed by atoms with Gasteiger partial charge >= 0.3 is 7.60 Å². The van der Waals surface area contributed by atoms with Gasteiger partial charge in [-0.15, -0.1) is 11.3 Å². The fraction of sp³-hybridized carbons (Fsp3) is 0.391. The van der Waals surface area contributed by atoms with Crippen LogP contribution >= 0.6 is 18.9 Å². The number of thiazole rings is 1. The summed E-state index contributed by atoms with van der Waals surface area (Å²) in [6.07, 6.45) is 3.92. The Bertz CT molecular complexity index is 3680. The summed E-state index contributed by atoms with van der Waals surface area (Å²) >= 11 is 1.56. The van der Waals surface area contributed by atoms with Crippen molar-refractivity contribution >= 4 is 88.3 Å². The Morgan fingerprint density at radius 1 is 0.908 bits per heavy atom. The minimum atomic E-state index is -5.06. The van der Waals surface area contributed by atoms with E-state index >= 15 is 0 Å². The number of allylic oxidation sites excluding steroid dienone is 1. The number of carbonyl (C=O) groups excluding carboxylic acids is 8. The molecule has 21 nitrogen and oxygen atoms in total. The van der Waals surface area contributed by atoms with Crippen molar-refractivity contribution in [2.75, 3.05) is 4.90 Å². The topological polar surface area (TPSA) is 330 Å². The number of amides is 6. The quantitative estimate of drug-likeness (QED) is 0.0279. The summed E-state index contributed by atoms with van der Waals surface area (Å²) in [5.74, 6) is -4.67. The van der Waals surface area contributed by atoms with Crippen molar-refractivity contribution in [3.05, 3.63) is 147 Å². The Balaban J connectivity index is 0.763. The van der Waals surface area contributed by atoms with E-state index in [0.29, 0.717) is 29.4 Å². The third-order valence-electron chi connectivity index (χ3n) is 16.5. The van der Waals surface area contributed by atoms with Gasteiger partial charge in [-0.2, -0.15) is 0 Å². The first-order valence-corrected chi connectivity index (χ1v) is 31.5. The summed E-state index contributed by atoms with van der Waals surface area (Å²) in [6, 6.07) is 22.6. The SMILES string of the molecule is Cc1ncsc1-c1ccc(CNC(=O)[C@@H]2C[C@@H](O)CC2C(=O)[C@@H](NC(=O)CC/C=C/c2ccc(CO[C@H](C)[C@H](CCC(N)=O)NC(=O)[C@@H]3Cc4cccc5c4N3C(=O)[C@@H](NC(=O)c3cc4cc(C(=O)P(=O)(O)O)ccc4[nH]3)CC5)cc2)C(C)(C)C)cc1. The molecule has 23 heteroatoms. The number of para-hydroxylation sites is 1. The van der Waals surface area contributed by atoms with Crippen LogP contribution in [0.1, 0.15) is 127 Å². The molecule has 4 heterocycles. The van der Waals surface area contributed by atoms with Gasteiger partial charge in [0.15, 0.2) is 5.78 Å². The van der Waals surface area contributed by atoms with Crippen LogP contribution in [0, 0.1) is 24.2 Å². The summed E-state index contributed by atoms with van der Waals surface area (Å²) < 4.78 is 17.9. The normalized spacial score (nSPS) is 19.5. The molecule has 6 amide bonds. The number of hydrogen-bond donors (Lipinski definition) is 9. The van der Waals surface area contributed by atoms with Crippen molar-refractivity contribution < 1.29 is 62.6 Å². The highest BCUT2D eigenvalue weighted by molar-refractivity contribution is 7.70. The van der Waals surface area contributed by atoms with Crippen LogP contribution in [0.15, 0.2) is 103 Å². The van der Waals surface area contributed by atoms with Crippen molar-refractivity contribution in [2.45, 2.75) is 142 Å². The highest BCUT2D eigenvalue weighted by atomic mass is 32.1. The van der Waals surface area contributed by atoms with Gasteiger partial charge in [0.25, 0.3) is 11.4 Å². The van der Waals surface area contributed by atoms with Crippen LogP contribution in [0.4, 0.5) is 5.69 Å². The van der Waals surface area contributed by atoms with Crippen LogP contribution in [-0.2, 0) is 64.1 Å². The number of anilines is 1. The standard InChI is InChI=1S/C64H73N8O13PS/c1-35-57(87-34-67-35)41-19-17-38(18-20-41)32-66-59(77)47-31-45(73)30-46(47)56(76)58(64(3,4)5)71-54(75)12-7-6-9-37-13-15-39(16-14-37)33-85-36(2)48(25-26-53(65)74)69-61(79)52-29-42-11-8-10-40-21-24-50(62(80)72(52)55(40)42)70-60(78)51-28-44-27-43(22-23-49(44)68-51)63(81)86(82,83)84/h6,8-11,13-20,22-23,27-28,34,36,45-48,50,52,58,68,73H,7,12,21,24-26,29-33H2,1-5H3,(H2,65,74)(H,66,77)(H,69,79)(H,70,78)(H,71,75)(H2,82,83,84)/b9-6+/t36-,45+,46?,47-,48+,50+,52+,58-/m1/s1. The number of H-pyrrole nitrogens is 1. The first-order valence-electron chi connectivity index (χ1n) is 29.0. The Kier molecular flexibility index (Phi) is 19.7. The van der Waals surface area contributed by atoms with E-state index in [-0.39, 0.29) is 87.0 Å². The molecule has 1 unspecified atom stereocenters. The van der Waals surface area contributed by atoms with Gasteiger partial charge in [-0.3, -0.25) is 47.8 Å². The van der Waals surface area contributed by atoms with Crippen molar-refractivity contribution in [1.82, 2.24) is 31.2 Å². The second kappa shape index (κ2) is 27.0. The summed E-state index contributed by atoms with van der Waals surface area (Å²) in [6.45, 7) is 9.71. The fourth-order valence-electron chi connectivity index (χ4n) is 11.7. The van der Waals surface area contributed by atoms with Crippen molar-refractivity contribution in [3.63, 3.8) is 0 Å². The van der Waals surface area contributed by atoms with Gasteiger partial charge in [0.05, 0.1) is 58.6 Å². The first-order chi connectivity index (χ1) is 41.3. The predicted molar refractivity (Wildman–Crippen MR) is 328 cm³/mol. The molecule has 87 heavy (non-hydrogen) atoms. The molecular weight excluding hydrogens is 1150 g/mol. The van der Waals surface area contributed by atoms with Crippen LogP contribution in [0.2, 0.25) is 0 Å². The number of aromatic amines is 1. The Morgan fingerprint density at radius 3 is 2.31 bits per heavy atom. The number of ketones is 1. The lowest BCUT2D eigenvalue weighted by Crippen LogP contribution is -2.56. The molecule has 1 fully saturated rings. The summed E-state index contributed by atoms with van der Waals surface area (Å²) in [4.78, 5) is 137. The number of nitrogens with one attached hydrogen (secondary N) is 5. The smallest absolute Gasteiger partial charge is 0.393 e. The number of aliphatic hydroxyl groups excluding tert-OH is 1. The number of Topliss-reactive ketones (excluding diaryl/α,β-unsaturated/α-hetero) is 1. The van der Waals surface area contributed by atoms with Gasteiger partial charge < -0.3 is 51.6 Å². The van der Waals surface area contributed by atoms with E-state index in [0.717, 1.165) is 44.0 Å². The number of ether oxygens (including phenoxy) is 1. The zero-order chi connectivity index (χ0) is 62.5. The molecule has 1 aliphatic carbocycles. The highest BCUT2D eigenvalue weighted by Crippen LogP contribution is 2.42. The van der Waals surface area contributed by atoms with E-state index < -0.39 is 90.4 Å². The summed E-state index contributed by atoms with van der Waals surface area (Å²) in [7, 11) is -5.06. The molecule has 6 aromatic rings. The van der Waals surface area contributed by atoms with E-state index in [1.807, 2.05) is 107 Å². The number of fused-ring (bicyclic) bond motifs is 1. The van der Waals surface area contributed by atoms with Gasteiger partial charge in [-0.25, -0.2) is 4.98 Å². The van der Waals surface area contributed by atoms with E-state index in [1.165, 1.54) is 29.2 Å². The van der Waals surface area contributed by atoms with Gasteiger partial charge in [0, 0.05) is 48.2 Å². The lowest BCUT2D eigenvalue weighted by atomic mass is 9.77. The van der Waals surface area contributed by atoms with Crippen LogP contribution in [0.25, 0.3) is 27.4 Å². The molecule has 0 bridgehead atoms. The average molecular weight is 1230 g/mol. The molecular formula is C64H73N8O13PS. The monoisotopic (exact) mass is 1220 g/mol. The summed E-state index contributed by atoms with van der Waals surface area (Å²) in [5.41, 5.74) is 12.3. The number of nitrogens with zero attached hydrogens (tertiary/aromatic N) is 2.